The molecule has 1 aliphatic rings. The van der Waals surface area contributed by atoms with Crippen LogP contribution >= 0.6 is 0 Å². The molecule has 1 unspecified atom stereocenters. The second kappa shape index (κ2) is 11.3. The van der Waals surface area contributed by atoms with Crippen molar-refractivity contribution >= 4 is 54.6 Å². The van der Waals surface area contributed by atoms with E-state index in [4.69, 9.17) is 5.73 Å². The Labute approximate surface area is 262 Å². The van der Waals surface area contributed by atoms with Crippen LogP contribution in [0.25, 0.3) is 60.3 Å². The van der Waals surface area contributed by atoms with Crippen LogP contribution in [0.3, 0.4) is 0 Å². The summed E-state index contributed by atoms with van der Waals surface area (Å²) in [5.74, 6) is 0. The summed E-state index contributed by atoms with van der Waals surface area (Å²) in [4.78, 5) is 4.43. The lowest BCUT2D eigenvalue weighted by atomic mass is 9.88. The largest absolute Gasteiger partial charge is 0.405 e. The molecule has 0 spiro atoms. The molecule has 216 valence electrons. The average Bonchev–Trinajstić information content (AvgIpc) is 3.43. The molecule has 4 nitrogen and oxygen atoms in total. The lowest BCUT2D eigenvalue weighted by Gasteiger charge is -2.26. The zero-order valence-electron chi connectivity index (χ0n) is 24.8. The molecule has 0 aliphatic carbocycles. The van der Waals surface area contributed by atoms with Crippen molar-refractivity contribution in [1.82, 2.24) is 14.9 Å². The van der Waals surface area contributed by atoms with E-state index in [1.54, 1.807) is 6.20 Å². The van der Waals surface area contributed by atoms with Crippen LogP contribution in [0, 0.1) is 0 Å². The van der Waals surface area contributed by atoms with Crippen molar-refractivity contribution in [2.24, 2.45) is 5.73 Å². The summed E-state index contributed by atoms with van der Waals surface area (Å²) < 4.78 is 2.34. The van der Waals surface area contributed by atoms with Gasteiger partial charge in [-0.25, -0.2) is 0 Å². The van der Waals surface area contributed by atoms with Gasteiger partial charge in [-0.1, -0.05) is 97.1 Å². The van der Waals surface area contributed by atoms with Crippen molar-refractivity contribution in [3.05, 3.63) is 169 Å². The van der Waals surface area contributed by atoms with Gasteiger partial charge < -0.3 is 15.6 Å². The maximum Gasteiger partial charge on any atom is 0.0571 e. The SMILES string of the molecule is N/C=C\C=C/CC1C=C(c2c3ccccc3cc3ccccc23)C=C(c2cccc(-n3c4ccccc4c4cnccc43)c2)N1. The fourth-order valence-corrected chi connectivity index (χ4v) is 6.75. The third kappa shape index (κ3) is 4.77. The molecule has 1 atom stereocenters. The number of allylic oxidation sites excluding steroid dienone is 4. The molecule has 0 fully saturated rings. The summed E-state index contributed by atoms with van der Waals surface area (Å²) in [5.41, 5.74) is 13.8. The Bertz CT molecular complexity index is 2240. The first-order valence-corrected chi connectivity index (χ1v) is 15.4. The molecular formula is C41H32N4. The van der Waals surface area contributed by atoms with E-state index in [1.807, 2.05) is 24.5 Å². The van der Waals surface area contributed by atoms with E-state index in [1.165, 1.54) is 43.6 Å². The molecule has 0 saturated heterocycles. The van der Waals surface area contributed by atoms with Crippen LogP contribution in [0.5, 0.6) is 0 Å². The number of benzene rings is 5. The number of para-hydroxylation sites is 1. The summed E-state index contributed by atoms with van der Waals surface area (Å²) in [6.07, 6.45) is 17.0. The van der Waals surface area contributed by atoms with Crippen LogP contribution in [-0.2, 0) is 0 Å². The maximum absolute atomic E-state index is 5.60. The molecule has 3 N–H and O–H groups in total. The number of hydrogen-bond acceptors (Lipinski definition) is 3. The van der Waals surface area contributed by atoms with Gasteiger partial charge in [-0.2, -0.15) is 0 Å². The van der Waals surface area contributed by atoms with Crippen molar-refractivity contribution in [3.63, 3.8) is 0 Å². The number of pyridine rings is 1. The zero-order valence-corrected chi connectivity index (χ0v) is 24.8. The summed E-state index contributed by atoms with van der Waals surface area (Å²) in [5, 5.41) is 11.2. The quantitative estimate of drug-likeness (QED) is 0.152. The summed E-state index contributed by atoms with van der Waals surface area (Å²) >= 11 is 0. The maximum atomic E-state index is 5.60. The van der Waals surface area contributed by atoms with Gasteiger partial charge in [0.25, 0.3) is 0 Å². The topological polar surface area (TPSA) is 55.9 Å². The molecule has 5 aromatic carbocycles. The van der Waals surface area contributed by atoms with Crippen molar-refractivity contribution in [1.29, 1.82) is 0 Å². The fourth-order valence-electron chi connectivity index (χ4n) is 6.75. The number of nitrogens with one attached hydrogen (secondary N) is 1. The predicted molar refractivity (Wildman–Crippen MR) is 190 cm³/mol. The third-order valence-electron chi connectivity index (χ3n) is 8.72. The normalized spacial score (nSPS) is 15.3. The minimum Gasteiger partial charge on any atom is -0.405 e. The molecule has 7 aromatic rings. The van der Waals surface area contributed by atoms with Crippen LogP contribution in [-0.4, -0.2) is 15.6 Å². The number of dihydropyridines is 1. The number of nitrogens with zero attached hydrogens (tertiary/aromatic N) is 2. The van der Waals surface area contributed by atoms with E-state index in [-0.39, 0.29) is 6.04 Å². The molecule has 45 heavy (non-hydrogen) atoms. The van der Waals surface area contributed by atoms with Gasteiger partial charge in [0.1, 0.15) is 0 Å². The molecular weight excluding hydrogens is 548 g/mol. The Morgan fingerprint density at radius 1 is 0.733 bits per heavy atom. The van der Waals surface area contributed by atoms with E-state index in [9.17, 15) is 0 Å². The van der Waals surface area contributed by atoms with E-state index in [0.29, 0.717) is 0 Å². The number of hydrogen-bond donors (Lipinski definition) is 2. The van der Waals surface area contributed by atoms with E-state index >= 15 is 0 Å². The molecule has 2 aromatic heterocycles. The van der Waals surface area contributed by atoms with Gasteiger partial charge in [-0.05, 0) is 93.3 Å². The standard InChI is InChI=1S/C41H32N4/c42-21-9-1-2-14-32-24-31(41-34-16-5-3-11-28(34)23-29-12-4-6-17-35(29)41)26-38(44-32)30-13-10-15-33(25-30)45-39-19-8-7-18-36(39)37-27-43-22-20-40(37)45/h1-13,15-27,32,44H,14,42H2/b2-1-,21-9-. The second-order valence-electron chi connectivity index (χ2n) is 11.5. The average molecular weight is 581 g/mol. The highest BCUT2D eigenvalue weighted by atomic mass is 15.0. The molecule has 0 amide bonds. The van der Waals surface area contributed by atoms with Crippen molar-refractivity contribution < 1.29 is 0 Å². The molecule has 0 saturated carbocycles. The van der Waals surface area contributed by atoms with Crippen LogP contribution in [0.4, 0.5) is 0 Å². The van der Waals surface area contributed by atoms with E-state index in [2.05, 4.69) is 142 Å². The number of rotatable bonds is 6. The van der Waals surface area contributed by atoms with Crippen LogP contribution in [0.1, 0.15) is 17.5 Å². The molecule has 8 rings (SSSR count). The van der Waals surface area contributed by atoms with Gasteiger partial charge in [0.15, 0.2) is 0 Å². The van der Waals surface area contributed by atoms with Crippen LogP contribution < -0.4 is 11.1 Å². The first-order chi connectivity index (χ1) is 22.3. The van der Waals surface area contributed by atoms with Gasteiger partial charge in [-0.15, -0.1) is 0 Å². The minimum atomic E-state index is 0.100. The lowest BCUT2D eigenvalue weighted by Crippen LogP contribution is -2.28. The van der Waals surface area contributed by atoms with Gasteiger partial charge >= 0.3 is 0 Å². The van der Waals surface area contributed by atoms with E-state index < -0.39 is 0 Å². The van der Waals surface area contributed by atoms with Crippen molar-refractivity contribution in [2.75, 3.05) is 0 Å². The summed E-state index contributed by atoms with van der Waals surface area (Å²) in [6.45, 7) is 0. The first kappa shape index (κ1) is 26.7. The Morgan fingerprint density at radius 2 is 1.47 bits per heavy atom. The zero-order chi connectivity index (χ0) is 30.2. The van der Waals surface area contributed by atoms with Crippen LogP contribution in [0.15, 0.2) is 158 Å². The molecule has 3 heterocycles. The predicted octanol–water partition coefficient (Wildman–Crippen LogP) is 9.30. The Hall–Kier alpha value is -5.87. The number of aromatic nitrogens is 2. The highest BCUT2D eigenvalue weighted by molar-refractivity contribution is 6.12. The van der Waals surface area contributed by atoms with Gasteiger partial charge in [0, 0.05) is 40.6 Å². The Kier molecular flexibility index (Phi) is 6.73. The lowest BCUT2D eigenvalue weighted by molar-refractivity contribution is 0.720. The monoisotopic (exact) mass is 580 g/mol. The third-order valence-corrected chi connectivity index (χ3v) is 8.72. The first-order valence-electron chi connectivity index (χ1n) is 15.4. The number of nitrogens with two attached hydrogens (primary N) is 1. The molecule has 0 radical (unpaired) electrons. The molecule has 4 heteroatoms. The molecule has 0 bridgehead atoms. The van der Waals surface area contributed by atoms with Gasteiger partial charge in [0.05, 0.1) is 11.0 Å². The minimum absolute atomic E-state index is 0.100. The number of fused-ring (bicyclic) bond motifs is 5. The van der Waals surface area contributed by atoms with Crippen molar-refractivity contribution in [2.45, 2.75) is 12.5 Å². The Morgan fingerprint density at radius 3 is 2.27 bits per heavy atom. The van der Waals surface area contributed by atoms with E-state index in [0.717, 1.165) is 34.3 Å². The highest BCUT2D eigenvalue weighted by Crippen LogP contribution is 2.38. The van der Waals surface area contributed by atoms with Crippen molar-refractivity contribution in [3.8, 4) is 5.69 Å². The Balaban J connectivity index is 1.31. The summed E-state index contributed by atoms with van der Waals surface area (Å²) in [7, 11) is 0. The fraction of sp³-hybridized carbons (Fsp3) is 0.0488. The smallest absolute Gasteiger partial charge is 0.0571 e. The van der Waals surface area contributed by atoms with Gasteiger partial charge in [-0.3, -0.25) is 4.98 Å². The van der Waals surface area contributed by atoms with Gasteiger partial charge in [0.2, 0.25) is 0 Å². The summed E-state index contributed by atoms with van der Waals surface area (Å²) in [6, 6.07) is 39.3. The second-order valence-corrected chi connectivity index (χ2v) is 11.5. The molecule has 1 aliphatic heterocycles. The highest BCUT2D eigenvalue weighted by Gasteiger charge is 2.20. The van der Waals surface area contributed by atoms with Crippen LogP contribution in [0.2, 0.25) is 0 Å².